The van der Waals surface area contributed by atoms with Gasteiger partial charge in [0.1, 0.15) is 6.54 Å². The fourth-order valence-electron chi connectivity index (χ4n) is 3.00. The molecule has 1 saturated heterocycles. The van der Waals surface area contributed by atoms with Crippen molar-refractivity contribution >= 4 is 17.2 Å². The molecule has 0 N–H and O–H groups in total. The zero-order valence-corrected chi connectivity index (χ0v) is 15.0. The standard InChI is InChI=1S/C18H23N3O2S/c1-13(2)15-12-24-18(19-15)14-6-5-9-20(10-14)17(23)11-21-8-4-3-7-16(21)22/h3-4,7-8,12-14H,5-6,9-11H2,1-2H3. The highest BCUT2D eigenvalue weighted by Gasteiger charge is 2.27. The van der Waals surface area contributed by atoms with Gasteiger partial charge in [-0.05, 0) is 24.8 Å². The van der Waals surface area contributed by atoms with Crippen LogP contribution in [-0.2, 0) is 11.3 Å². The third-order valence-corrected chi connectivity index (χ3v) is 5.48. The van der Waals surface area contributed by atoms with E-state index in [1.807, 2.05) is 4.90 Å². The largest absolute Gasteiger partial charge is 0.340 e. The molecule has 0 aromatic carbocycles. The first-order chi connectivity index (χ1) is 11.5. The van der Waals surface area contributed by atoms with Gasteiger partial charge in [-0.25, -0.2) is 4.98 Å². The molecule has 0 spiro atoms. The van der Waals surface area contributed by atoms with Crippen LogP contribution in [0.25, 0.3) is 0 Å². The average molecular weight is 345 g/mol. The highest BCUT2D eigenvalue weighted by molar-refractivity contribution is 7.09. The molecule has 0 aliphatic carbocycles. The maximum absolute atomic E-state index is 12.6. The summed E-state index contributed by atoms with van der Waals surface area (Å²) in [7, 11) is 0. The second-order valence-electron chi connectivity index (χ2n) is 6.61. The van der Waals surface area contributed by atoms with Crippen molar-refractivity contribution in [3.63, 3.8) is 0 Å². The second kappa shape index (κ2) is 7.30. The minimum atomic E-state index is -0.138. The molecule has 2 aromatic heterocycles. The van der Waals surface area contributed by atoms with Crippen LogP contribution in [0.2, 0.25) is 0 Å². The Morgan fingerprint density at radius 1 is 1.42 bits per heavy atom. The van der Waals surface area contributed by atoms with Gasteiger partial charge in [0.2, 0.25) is 5.91 Å². The van der Waals surface area contributed by atoms with E-state index in [4.69, 9.17) is 4.98 Å². The van der Waals surface area contributed by atoms with Crippen molar-refractivity contribution in [3.8, 4) is 0 Å². The number of aromatic nitrogens is 2. The Hall–Kier alpha value is -1.95. The highest BCUT2D eigenvalue weighted by Crippen LogP contribution is 2.30. The van der Waals surface area contributed by atoms with Crippen LogP contribution < -0.4 is 5.56 Å². The molecule has 1 amide bonds. The van der Waals surface area contributed by atoms with Gasteiger partial charge in [0.15, 0.2) is 0 Å². The fourth-order valence-corrected chi connectivity index (χ4v) is 4.10. The molecule has 5 nitrogen and oxygen atoms in total. The molecule has 0 saturated carbocycles. The maximum atomic E-state index is 12.6. The molecule has 1 atom stereocenters. The SMILES string of the molecule is CC(C)c1csc(C2CCCN(C(=O)Cn3ccccc3=O)C2)n1. The molecular formula is C18H23N3O2S. The van der Waals surface area contributed by atoms with Gasteiger partial charge < -0.3 is 9.47 Å². The summed E-state index contributed by atoms with van der Waals surface area (Å²) in [5.41, 5.74) is 0.996. The number of carbonyl (C=O) groups is 1. The summed E-state index contributed by atoms with van der Waals surface area (Å²) in [5, 5.41) is 3.26. The Kier molecular flexibility index (Phi) is 5.14. The lowest BCUT2D eigenvalue weighted by molar-refractivity contribution is -0.133. The van der Waals surface area contributed by atoms with Gasteiger partial charge in [-0.15, -0.1) is 11.3 Å². The van der Waals surface area contributed by atoms with Crippen molar-refractivity contribution in [2.45, 2.75) is 45.1 Å². The number of thiazole rings is 1. The summed E-state index contributed by atoms with van der Waals surface area (Å²) in [6.07, 6.45) is 3.72. The molecule has 0 bridgehead atoms. The zero-order chi connectivity index (χ0) is 17.1. The number of nitrogens with zero attached hydrogens (tertiary/aromatic N) is 3. The van der Waals surface area contributed by atoms with Gasteiger partial charge in [-0.3, -0.25) is 9.59 Å². The minimum Gasteiger partial charge on any atom is -0.340 e. The van der Waals surface area contributed by atoms with E-state index in [2.05, 4.69) is 19.2 Å². The van der Waals surface area contributed by atoms with E-state index in [0.717, 1.165) is 30.1 Å². The highest BCUT2D eigenvalue weighted by atomic mass is 32.1. The number of piperidine rings is 1. The summed E-state index contributed by atoms with van der Waals surface area (Å²) in [6, 6.07) is 4.95. The number of hydrogen-bond donors (Lipinski definition) is 0. The lowest BCUT2D eigenvalue weighted by atomic mass is 9.98. The molecule has 24 heavy (non-hydrogen) atoms. The monoisotopic (exact) mass is 345 g/mol. The third-order valence-electron chi connectivity index (χ3n) is 4.46. The number of hydrogen-bond acceptors (Lipinski definition) is 4. The summed E-state index contributed by atoms with van der Waals surface area (Å²) in [4.78, 5) is 31.0. The van der Waals surface area contributed by atoms with E-state index in [9.17, 15) is 9.59 Å². The molecule has 2 aromatic rings. The van der Waals surface area contributed by atoms with Gasteiger partial charge in [-0.1, -0.05) is 19.9 Å². The Morgan fingerprint density at radius 3 is 2.96 bits per heavy atom. The van der Waals surface area contributed by atoms with Crippen molar-refractivity contribution in [1.29, 1.82) is 0 Å². The second-order valence-corrected chi connectivity index (χ2v) is 7.50. The van der Waals surface area contributed by atoms with Gasteiger partial charge in [0, 0.05) is 36.7 Å². The summed E-state index contributed by atoms with van der Waals surface area (Å²) >= 11 is 1.70. The van der Waals surface area contributed by atoms with E-state index >= 15 is 0 Å². The van der Waals surface area contributed by atoms with Crippen LogP contribution in [0.1, 0.15) is 49.2 Å². The first kappa shape index (κ1) is 16.9. The molecule has 1 unspecified atom stereocenters. The smallest absolute Gasteiger partial charge is 0.250 e. The fraction of sp³-hybridized carbons (Fsp3) is 0.500. The molecule has 128 valence electrons. The Bertz CT molecular complexity index is 765. The number of rotatable bonds is 4. The van der Waals surface area contributed by atoms with Crippen LogP contribution in [-0.4, -0.2) is 33.4 Å². The van der Waals surface area contributed by atoms with E-state index in [1.165, 1.54) is 10.6 Å². The van der Waals surface area contributed by atoms with E-state index < -0.39 is 0 Å². The number of pyridine rings is 1. The average Bonchev–Trinajstić information content (AvgIpc) is 3.07. The van der Waals surface area contributed by atoms with E-state index in [1.54, 1.807) is 29.7 Å². The first-order valence-corrected chi connectivity index (χ1v) is 9.31. The quantitative estimate of drug-likeness (QED) is 0.856. The van der Waals surface area contributed by atoms with E-state index in [-0.39, 0.29) is 18.0 Å². The van der Waals surface area contributed by atoms with Gasteiger partial charge in [0.25, 0.3) is 5.56 Å². The van der Waals surface area contributed by atoms with Crippen molar-refractivity contribution in [1.82, 2.24) is 14.5 Å². The van der Waals surface area contributed by atoms with Crippen LogP contribution >= 0.6 is 11.3 Å². The molecule has 3 heterocycles. The zero-order valence-electron chi connectivity index (χ0n) is 14.1. The molecule has 0 radical (unpaired) electrons. The summed E-state index contributed by atoms with van der Waals surface area (Å²) in [5.74, 6) is 0.752. The lowest BCUT2D eigenvalue weighted by Crippen LogP contribution is -2.42. The molecule has 1 aliphatic heterocycles. The topological polar surface area (TPSA) is 55.2 Å². The van der Waals surface area contributed by atoms with Crippen LogP contribution in [0.15, 0.2) is 34.6 Å². The number of carbonyl (C=O) groups excluding carboxylic acids is 1. The van der Waals surface area contributed by atoms with Crippen molar-refractivity contribution in [3.05, 3.63) is 50.8 Å². The number of amides is 1. The third kappa shape index (κ3) is 3.75. The Labute approximate surface area is 146 Å². The normalized spacial score (nSPS) is 18.1. The summed E-state index contributed by atoms with van der Waals surface area (Å²) in [6.45, 7) is 5.87. The summed E-state index contributed by atoms with van der Waals surface area (Å²) < 4.78 is 1.46. The molecule has 1 aliphatic rings. The van der Waals surface area contributed by atoms with Crippen LogP contribution in [0.4, 0.5) is 0 Å². The Balaban J connectivity index is 1.67. The van der Waals surface area contributed by atoms with Crippen molar-refractivity contribution < 1.29 is 4.79 Å². The van der Waals surface area contributed by atoms with Gasteiger partial charge in [0.05, 0.1) is 10.7 Å². The first-order valence-electron chi connectivity index (χ1n) is 8.43. The van der Waals surface area contributed by atoms with Gasteiger partial charge >= 0.3 is 0 Å². The maximum Gasteiger partial charge on any atom is 0.250 e. The molecular weight excluding hydrogens is 322 g/mol. The molecule has 3 rings (SSSR count). The van der Waals surface area contributed by atoms with Crippen LogP contribution in [0.5, 0.6) is 0 Å². The predicted molar refractivity (Wildman–Crippen MR) is 95.5 cm³/mol. The van der Waals surface area contributed by atoms with Gasteiger partial charge in [-0.2, -0.15) is 0 Å². The Morgan fingerprint density at radius 2 is 2.25 bits per heavy atom. The number of likely N-dealkylation sites (tertiary alicyclic amines) is 1. The molecule has 1 fully saturated rings. The van der Waals surface area contributed by atoms with Crippen molar-refractivity contribution in [2.24, 2.45) is 0 Å². The van der Waals surface area contributed by atoms with Crippen molar-refractivity contribution in [2.75, 3.05) is 13.1 Å². The predicted octanol–water partition coefficient (Wildman–Crippen LogP) is 2.83. The molecule has 6 heteroatoms. The van der Waals surface area contributed by atoms with E-state index in [0.29, 0.717) is 18.4 Å². The minimum absolute atomic E-state index is 0.00800. The lowest BCUT2D eigenvalue weighted by Gasteiger charge is -2.32. The van der Waals surface area contributed by atoms with Crippen LogP contribution in [0, 0.1) is 0 Å². The van der Waals surface area contributed by atoms with Crippen LogP contribution in [0.3, 0.4) is 0 Å².